The van der Waals surface area contributed by atoms with E-state index >= 15 is 0 Å². The van der Waals surface area contributed by atoms with Gasteiger partial charge in [-0.3, -0.25) is 4.79 Å². The first-order valence-corrected chi connectivity index (χ1v) is 10.0. The molecule has 2 rings (SSSR count). The van der Waals surface area contributed by atoms with Crippen LogP contribution in [0, 0.1) is 41.1 Å². The Morgan fingerprint density at radius 2 is 2.03 bits per heavy atom. The highest BCUT2D eigenvalue weighted by molar-refractivity contribution is 14.1. The van der Waals surface area contributed by atoms with E-state index in [2.05, 4.69) is 33.8 Å². The van der Waals surface area contributed by atoms with Crippen molar-refractivity contribution in [3.8, 4) is 29.9 Å². The fourth-order valence-corrected chi connectivity index (χ4v) is 3.43. The molecular weight excluding hydrogens is 479 g/mol. The fraction of sp³-hybridized carbons (Fsp3) is 0.217. The van der Waals surface area contributed by atoms with Crippen molar-refractivity contribution in [2.75, 3.05) is 18.5 Å². The summed E-state index contributed by atoms with van der Waals surface area (Å²) >= 11 is 2.11. The van der Waals surface area contributed by atoms with Gasteiger partial charge in [-0.1, -0.05) is 23.6 Å². The first-order chi connectivity index (χ1) is 13.9. The fourth-order valence-electron chi connectivity index (χ4n) is 2.65. The highest BCUT2D eigenvalue weighted by atomic mass is 127. The Hall–Kier alpha value is -2.97. The molecule has 0 aliphatic carbocycles. The van der Waals surface area contributed by atoms with Gasteiger partial charge in [0, 0.05) is 5.69 Å². The molecule has 0 heterocycles. The number of ether oxygens (including phenoxy) is 2. The third kappa shape index (κ3) is 6.00. The Morgan fingerprint density at radius 3 is 2.66 bits per heavy atom. The number of anilines is 1. The second-order valence-corrected chi connectivity index (χ2v) is 7.36. The lowest BCUT2D eigenvalue weighted by molar-refractivity contribution is -0.112. The summed E-state index contributed by atoms with van der Waals surface area (Å²) in [5.74, 6) is 3.00. The van der Waals surface area contributed by atoms with Crippen LogP contribution in [0.5, 0.6) is 11.5 Å². The SMILES string of the molecule is C#CCOc1c(I)cc(/C=C(\C#N)C(=O)Nc2ccc(C)cc2C)cc1OCC. The quantitative estimate of drug-likeness (QED) is 0.255. The molecule has 1 N–H and O–H groups in total. The van der Waals surface area contributed by atoms with Crippen LogP contribution in [0.25, 0.3) is 6.08 Å². The zero-order chi connectivity index (χ0) is 21.4. The average Bonchev–Trinajstić information content (AvgIpc) is 2.67. The number of halogens is 1. The zero-order valence-corrected chi connectivity index (χ0v) is 18.7. The van der Waals surface area contributed by atoms with Gasteiger partial charge in [0.05, 0.1) is 10.2 Å². The number of rotatable bonds is 7. The third-order valence-electron chi connectivity index (χ3n) is 3.94. The molecular formula is C23H21IN2O3. The molecule has 2 aromatic carbocycles. The maximum Gasteiger partial charge on any atom is 0.266 e. The van der Waals surface area contributed by atoms with Gasteiger partial charge in [-0.2, -0.15) is 5.26 Å². The van der Waals surface area contributed by atoms with Crippen LogP contribution in [-0.2, 0) is 4.79 Å². The van der Waals surface area contributed by atoms with Gasteiger partial charge in [0.15, 0.2) is 11.5 Å². The number of nitrogens with one attached hydrogen (secondary N) is 1. The molecule has 0 aliphatic rings. The largest absolute Gasteiger partial charge is 0.490 e. The molecule has 0 saturated heterocycles. The Kier molecular flexibility index (Phi) is 8.11. The minimum absolute atomic E-state index is 0.0134. The Morgan fingerprint density at radius 1 is 1.28 bits per heavy atom. The smallest absolute Gasteiger partial charge is 0.266 e. The topological polar surface area (TPSA) is 71.3 Å². The van der Waals surface area contributed by atoms with Crippen LogP contribution in [0.2, 0.25) is 0 Å². The van der Waals surface area contributed by atoms with E-state index in [0.717, 1.165) is 14.7 Å². The predicted octanol–water partition coefficient (Wildman–Crippen LogP) is 4.86. The number of carbonyl (C=O) groups excluding carboxylic acids is 1. The summed E-state index contributed by atoms with van der Waals surface area (Å²) in [6.07, 6.45) is 6.79. The summed E-state index contributed by atoms with van der Waals surface area (Å²) < 4.78 is 12.0. The minimum atomic E-state index is -0.472. The number of hydrogen-bond donors (Lipinski definition) is 1. The number of amides is 1. The van der Waals surface area contributed by atoms with E-state index in [-0.39, 0.29) is 12.2 Å². The number of hydrogen-bond acceptors (Lipinski definition) is 4. The van der Waals surface area contributed by atoms with Gasteiger partial charge in [0.25, 0.3) is 5.91 Å². The van der Waals surface area contributed by atoms with E-state index in [1.54, 1.807) is 12.1 Å². The summed E-state index contributed by atoms with van der Waals surface area (Å²) in [7, 11) is 0. The van der Waals surface area contributed by atoms with Crippen molar-refractivity contribution in [2.45, 2.75) is 20.8 Å². The number of nitriles is 1. The lowest BCUT2D eigenvalue weighted by atomic mass is 10.1. The number of terminal acetylenes is 1. The summed E-state index contributed by atoms with van der Waals surface area (Å²) in [4.78, 5) is 12.6. The number of aryl methyl sites for hydroxylation is 2. The standard InChI is InChI=1S/C23H21IN2O3/c1-5-9-29-22-19(24)12-17(13-21(22)28-6-2)11-18(14-25)23(27)26-20-8-7-15(3)10-16(20)4/h1,7-8,10-13H,6,9H2,2-4H3,(H,26,27)/b18-11+. The van der Waals surface area contributed by atoms with Crippen LogP contribution in [0.4, 0.5) is 5.69 Å². The van der Waals surface area contributed by atoms with Gasteiger partial charge in [0.2, 0.25) is 0 Å². The molecule has 148 valence electrons. The molecule has 0 fully saturated rings. The van der Waals surface area contributed by atoms with Crippen LogP contribution in [0.15, 0.2) is 35.9 Å². The second-order valence-electron chi connectivity index (χ2n) is 6.20. The van der Waals surface area contributed by atoms with E-state index in [1.165, 1.54) is 6.08 Å². The van der Waals surface area contributed by atoms with Gasteiger partial charge in [0.1, 0.15) is 18.2 Å². The summed E-state index contributed by atoms with van der Waals surface area (Å²) in [5, 5.41) is 12.3. The highest BCUT2D eigenvalue weighted by Crippen LogP contribution is 2.35. The van der Waals surface area contributed by atoms with E-state index in [9.17, 15) is 10.1 Å². The van der Waals surface area contributed by atoms with E-state index in [1.807, 2.05) is 45.0 Å². The second kappa shape index (κ2) is 10.5. The lowest BCUT2D eigenvalue weighted by Crippen LogP contribution is -2.14. The van der Waals surface area contributed by atoms with Crippen LogP contribution >= 0.6 is 22.6 Å². The van der Waals surface area contributed by atoms with Crippen molar-refractivity contribution in [1.29, 1.82) is 5.26 Å². The van der Waals surface area contributed by atoms with Crippen LogP contribution in [0.1, 0.15) is 23.6 Å². The molecule has 0 aliphatic heterocycles. The maximum atomic E-state index is 12.6. The number of nitrogens with zero attached hydrogens (tertiary/aromatic N) is 1. The molecule has 0 saturated carbocycles. The maximum absolute atomic E-state index is 12.6. The first kappa shape index (κ1) is 22.3. The van der Waals surface area contributed by atoms with E-state index in [0.29, 0.717) is 29.4 Å². The Labute approximate surface area is 184 Å². The molecule has 2 aromatic rings. The first-order valence-electron chi connectivity index (χ1n) is 8.92. The Balaban J connectivity index is 2.35. The molecule has 6 heteroatoms. The molecule has 0 unspecified atom stereocenters. The van der Waals surface area contributed by atoms with Gasteiger partial charge < -0.3 is 14.8 Å². The summed E-state index contributed by atoms with van der Waals surface area (Å²) in [6, 6.07) is 11.2. The van der Waals surface area contributed by atoms with Gasteiger partial charge in [-0.15, -0.1) is 6.42 Å². The highest BCUT2D eigenvalue weighted by Gasteiger charge is 2.15. The van der Waals surface area contributed by atoms with Crippen molar-refractivity contribution in [2.24, 2.45) is 0 Å². The molecule has 0 aromatic heterocycles. The van der Waals surface area contributed by atoms with Crippen LogP contribution in [0.3, 0.4) is 0 Å². The van der Waals surface area contributed by atoms with Crippen molar-refractivity contribution in [3.63, 3.8) is 0 Å². The molecule has 0 atom stereocenters. The number of benzene rings is 2. The lowest BCUT2D eigenvalue weighted by Gasteiger charge is -2.13. The van der Waals surface area contributed by atoms with Crippen molar-refractivity contribution in [1.82, 2.24) is 0 Å². The van der Waals surface area contributed by atoms with Crippen molar-refractivity contribution < 1.29 is 14.3 Å². The average molecular weight is 500 g/mol. The molecule has 0 spiro atoms. The van der Waals surface area contributed by atoms with E-state index in [4.69, 9.17) is 15.9 Å². The molecule has 29 heavy (non-hydrogen) atoms. The molecule has 0 bridgehead atoms. The van der Waals surface area contributed by atoms with E-state index < -0.39 is 5.91 Å². The summed E-state index contributed by atoms with van der Waals surface area (Å²) in [6.45, 7) is 6.30. The van der Waals surface area contributed by atoms with Gasteiger partial charge in [-0.25, -0.2) is 0 Å². The predicted molar refractivity (Wildman–Crippen MR) is 123 cm³/mol. The zero-order valence-electron chi connectivity index (χ0n) is 16.5. The summed E-state index contributed by atoms with van der Waals surface area (Å²) in [5.41, 5.74) is 3.34. The van der Waals surface area contributed by atoms with Gasteiger partial charge in [-0.05, 0) is 78.8 Å². The van der Waals surface area contributed by atoms with Crippen LogP contribution in [-0.4, -0.2) is 19.1 Å². The Bertz CT molecular complexity index is 1030. The molecule has 0 radical (unpaired) electrons. The van der Waals surface area contributed by atoms with Gasteiger partial charge >= 0.3 is 0 Å². The number of carbonyl (C=O) groups is 1. The van der Waals surface area contributed by atoms with Crippen molar-refractivity contribution in [3.05, 3.63) is 56.2 Å². The minimum Gasteiger partial charge on any atom is -0.490 e. The van der Waals surface area contributed by atoms with Crippen LogP contribution < -0.4 is 14.8 Å². The molecule has 1 amide bonds. The monoisotopic (exact) mass is 500 g/mol. The normalized spacial score (nSPS) is 10.6. The van der Waals surface area contributed by atoms with Crippen molar-refractivity contribution >= 4 is 40.3 Å². The third-order valence-corrected chi connectivity index (χ3v) is 4.74. The molecule has 5 nitrogen and oxygen atoms in total.